The summed E-state index contributed by atoms with van der Waals surface area (Å²) in [5.41, 5.74) is 0.623. The normalized spacial score (nSPS) is 10.8. The second-order valence-corrected chi connectivity index (χ2v) is 3.77. The summed E-state index contributed by atoms with van der Waals surface area (Å²) in [6.07, 6.45) is 3.29. The molecule has 1 aromatic heterocycles. The maximum absolute atomic E-state index is 11.0. The Morgan fingerprint density at radius 1 is 1.22 bits per heavy atom. The van der Waals surface area contributed by atoms with Crippen molar-refractivity contribution >= 4 is 5.78 Å². The van der Waals surface area contributed by atoms with E-state index in [0.29, 0.717) is 45.1 Å². The lowest BCUT2D eigenvalue weighted by atomic mass is 10.3. The first-order valence-electron chi connectivity index (χ1n) is 5.92. The predicted molar refractivity (Wildman–Crippen MR) is 65.7 cm³/mol. The van der Waals surface area contributed by atoms with Gasteiger partial charge in [0.1, 0.15) is 0 Å². The van der Waals surface area contributed by atoms with Gasteiger partial charge in [0.15, 0.2) is 5.78 Å². The summed E-state index contributed by atoms with van der Waals surface area (Å²) in [6.45, 7) is 4.99. The van der Waals surface area contributed by atoms with E-state index >= 15 is 0 Å². The monoisotopic (exact) mass is 256 g/mol. The van der Waals surface area contributed by atoms with Crippen LogP contribution in [0.2, 0.25) is 0 Å². The summed E-state index contributed by atoms with van der Waals surface area (Å²) in [4.78, 5) is 11.0. The fraction of sp³-hybridized carbons (Fsp3) is 0.667. The van der Waals surface area contributed by atoms with Crippen LogP contribution in [0.4, 0.5) is 0 Å². The van der Waals surface area contributed by atoms with Gasteiger partial charge < -0.3 is 14.2 Å². The van der Waals surface area contributed by atoms with Crippen molar-refractivity contribution in [2.45, 2.75) is 13.5 Å². The van der Waals surface area contributed by atoms with Crippen LogP contribution in [-0.2, 0) is 20.8 Å². The van der Waals surface area contributed by atoms with Crippen LogP contribution in [0.25, 0.3) is 0 Å². The number of carbonyl (C=O) groups excluding carboxylic acids is 1. The van der Waals surface area contributed by atoms with E-state index in [-0.39, 0.29) is 5.78 Å². The number of ketones is 1. The molecule has 6 heteroatoms. The van der Waals surface area contributed by atoms with Gasteiger partial charge in [-0.3, -0.25) is 9.48 Å². The lowest BCUT2D eigenvalue weighted by molar-refractivity contribution is 0.0225. The van der Waals surface area contributed by atoms with Crippen LogP contribution in [0, 0.1) is 0 Å². The van der Waals surface area contributed by atoms with E-state index in [2.05, 4.69) is 5.10 Å². The summed E-state index contributed by atoms with van der Waals surface area (Å²) in [5.74, 6) is 0.0220. The summed E-state index contributed by atoms with van der Waals surface area (Å²) >= 11 is 0. The Morgan fingerprint density at radius 2 is 1.89 bits per heavy atom. The van der Waals surface area contributed by atoms with Gasteiger partial charge >= 0.3 is 0 Å². The molecule has 0 atom stereocenters. The lowest BCUT2D eigenvalue weighted by Crippen LogP contribution is -2.12. The molecule has 0 saturated heterocycles. The molecule has 0 unspecified atom stereocenters. The molecule has 6 nitrogen and oxygen atoms in total. The number of ether oxygens (including phenoxy) is 3. The third kappa shape index (κ3) is 5.90. The first kappa shape index (κ1) is 14.8. The van der Waals surface area contributed by atoms with Crippen LogP contribution in [0.5, 0.6) is 0 Å². The highest BCUT2D eigenvalue weighted by Crippen LogP contribution is 1.98. The number of hydrogen-bond acceptors (Lipinski definition) is 5. The van der Waals surface area contributed by atoms with Crippen molar-refractivity contribution in [1.82, 2.24) is 9.78 Å². The summed E-state index contributed by atoms with van der Waals surface area (Å²) in [6, 6.07) is 0. The highest BCUT2D eigenvalue weighted by Gasteiger charge is 2.02. The van der Waals surface area contributed by atoms with Gasteiger partial charge in [0.2, 0.25) is 0 Å². The second kappa shape index (κ2) is 8.79. The molecule has 0 aliphatic heterocycles. The Bertz CT molecular complexity index is 352. The number of carbonyl (C=O) groups is 1. The minimum atomic E-state index is 0.0220. The van der Waals surface area contributed by atoms with E-state index in [0.717, 1.165) is 0 Å². The average Bonchev–Trinajstić information content (AvgIpc) is 2.81. The number of methoxy groups -OCH3 is 1. The van der Waals surface area contributed by atoms with Crippen LogP contribution in [0.15, 0.2) is 12.4 Å². The van der Waals surface area contributed by atoms with Crippen LogP contribution in [-0.4, -0.2) is 55.7 Å². The van der Waals surface area contributed by atoms with Crippen LogP contribution < -0.4 is 0 Å². The van der Waals surface area contributed by atoms with Gasteiger partial charge in [0, 0.05) is 13.3 Å². The molecule has 18 heavy (non-hydrogen) atoms. The molecule has 0 radical (unpaired) electrons. The topological polar surface area (TPSA) is 62.6 Å². The summed E-state index contributed by atoms with van der Waals surface area (Å²) < 4.78 is 17.2. The van der Waals surface area contributed by atoms with E-state index in [1.807, 2.05) is 0 Å². The van der Waals surface area contributed by atoms with Gasteiger partial charge in [0.05, 0.1) is 51.3 Å². The maximum atomic E-state index is 11.0. The summed E-state index contributed by atoms with van der Waals surface area (Å²) in [5, 5.41) is 4.06. The zero-order valence-corrected chi connectivity index (χ0v) is 10.9. The maximum Gasteiger partial charge on any atom is 0.162 e. The molecule has 0 fully saturated rings. The molecule has 0 N–H and O–H groups in total. The molecule has 0 aliphatic rings. The molecule has 102 valence electrons. The van der Waals surface area contributed by atoms with Gasteiger partial charge in [-0.25, -0.2) is 0 Å². The lowest BCUT2D eigenvalue weighted by Gasteiger charge is -2.05. The van der Waals surface area contributed by atoms with Crippen LogP contribution >= 0.6 is 0 Å². The minimum Gasteiger partial charge on any atom is -0.382 e. The largest absolute Gasteiger partial charge is 0.382 e. The fourth-order valence-electron chi connectivity index (χ4n) is 1.29. The first-order valence-corrected chi connectivity index (χ1v) is 5.92. The minimum absolute atomic E-state index is 0.0220. The van der Waals surface area contributed by atoms with E-state index in [4.69, 9.17) is 14.2 Å². The smallest absolute Gasteiger partial charge is 0.162 e. The van der Waals surface area contributed by atoms with E-state index in [9.17, 15) is 4.79 Å². The Balaban J connectivity index is 2.02. The van der Waals surface area contributed by atoms with Crippen molar-refractivity contribution in [3.63, 3.8) is 0 Å². The zero-order valence-electron chi connectivity index (χ0n) is 10.9. The van der Waals surface area contributed by atoms with Crippen molar-refractivity contribution < 1.29 is 19.0 Å². The number of hydrogen-bond donors (Lipinski definition) is 0. The Morgan fingerprint density at radius 3 is 2.50 bits per heavy atom. The van der Waals surface area contributed by atoms with Crippen molar-refractivity contribution in [2.24, 2.45) is 0 Å². The molecular weight excluding hydrogens is 236 g/mol. The highest BCUT2D eigenvalue weighted by atomic mass is 16.5. The molecule has 0 aliphatic carbocycles. The number of nitrogens with zero attached hydrogens (tertiary/aromatic N) is 2. The van der Waals surface area contributed by atoms with Crippen molar-refractivity contribution in [3.8, 4) is 0 Å². The van der Waals surface area contributed by atoms with Gasteiger partial charge in [-0.15, -0.1) is 0 Å². The number of aromatic nitrogens is 2. The molecular formula is C12H20N2O4. The second-order valence-electron chi connectivity index (χ2n) is 3.77. The van der Waals surface area contributed by atoms with E-state index in [1.54, 1.807) is 24.2 Å². The van der Waals surface area contributed by atoms with Gasteiger partial charge in [-0.2, -0.15) is 5.10 Å². The van der Waals surface area contributed by atoms with Crippen molar-refractivity contribution in [3.05, 3.63) is 18.0 Å². The van der Waals surface area contributed by atoms with Gasteiger partial charge in [-0.1, -0.05) is 0 Å². The SMILES string of the molecule is COCCOCCOCCn1cc(C(C)=O)cn1. The van der Waals surface area contributed by atoms with Crippen LogP contribution in [0.1, 0.15) is 17.3 Å². The molecule has 0 saturated carbocycles. The summed E-state index contributed by atoms with van der Waals surface area (Å²) in [7, 11) is 1.64. The average molecular weight is 256 g/mol. The molecule has 1 aromatic rings. The molecule has 0 aromatic carbocycles. The molecule has 0 bridgehead atoms. The standard InChI is InChI=1S/C12H20N2O4/c1-11(15)12-9-13-14(10-12)3-4-17-7-8-18-6-5-16-2/h9-10H,3-8H2,1-2H3. The van der Waals surface area contributed by atoms with E-state index in [1.165, 1.54) is 6.92 Å². The first-order chi connectivity index (χ1) is 8.74. The Hall–Kier alpha value is -1.24. The Labute approximate surface area is 107 Å². The third-order valence-corrected chi connectivity index (χ3v) is 2.31. The Kier molecular flexibility index (Phi) is 7.24. The highest BCUT2D eigenvalue weighted by molar-refractivity contribution is 5.93. The number of rotatable bonds is 10. The zero-order chi connectivity index (χ0) is 13.2. The van der Waals surface area contributed by atoms with Crippen LogP contribution in [0.3, 0.4) is 0 Å². The van der Waals surface area contributed by atoms with Gasteiger partial charge in [-0.05, 0) is 6.92 Å². The molecule has 0 amide bonds. The van der Waals surface area contributed by atoms with Gasteiger partial charge in [0.25, 0.3) is 0 Å². The van der Waals surface area contributed by atoms with Crippen molar-refractivity contribution in [2.75, 3.05) is 40.1 Å². The molecule has 1 heterocycles. The molecule has 1 rings (SSSR count). The predicted octanol–water partition coefficient (Wildman–Crippen LogP) is 0.765. The van der Waals surface area contributed by atoms with Crippen molar-refractivity contribution in [1.29, 1.82) is 0 Å². The quantitative estimate of drug-likeness (QED) is 0.457. The molecule has 0 spiro atoms. The van der Waals surface area contributed by atoms with E-state index < -0.39 is 0 Å². The number of Topliss-reactive ketones (excluding diaryl/α,β-unsaturated/α-hetero) is 1. The fourth-order valence-corrected chi connectivity index (χ4v) is 1.29. The third-order valence-electron chi connectivity index (χ3n) is 2.31.